The number of hydrogen-bond acceptors (Lipinski definition) is 2. The third-order valence-corrected chi connectivity index (χ3v) is 6.43. The van der Waals surface area contributed by atoms with Crippen LogP contribution < -0.4 is 0 Å². The number of likely N-dealkylation sites (tertiary alicyclic amines) is 1. The number of amides is 1. The van der Waals surface area contributed by atoms with Gasteiger partial charge < -0.3 is 10.0 Å². The van der Waals surface area contributed by atoms with Crippen molar-refractivity contribution < 1.29 is 14.7 Å². The maximum Gasteiger partial charge on any atom is 0.326 e. The van der Waals surface area contributed by atoms with E-state index in [0.717, 1.165) is 16.7 Å². The van der Waals surface area contributed by atoms with Crippen molar-refractivity contribution in [3.8, 4) is 11.1 Å². The standard InChI is InChI=1S/C24H18Cl3NO3/c25-16-9-10-17(20(27)13-16)14-5-7-15(8-6-14)23(29)28-21(11-12-22(28)24(30)31)18-3-1-2-4-19(18)26/h1-10,13,21-22H,11-12H2,(H,30,31)/t21-,22+/m1/s1. The molecule has 1 heterocycles. The molecule has 0 aromatic heterocycles. The average Bonchev–Trinajstić information content (AvgIpc) is 3.19. The number of carbonyl (C=O) groups is 2. The van der Waals surface area contributed by atoms with Crippen LogP contribution in [0, 0.1) is 0 Å². The SMILES string of the molecule is O=C(O)[C@@H]1CC[C@H](c2ccccc2Cl)N1C(=O)c1ccc(-c2ccc(Cl)cc2Cl)cc1. The van der Waals surface area contributed by atoms with Gasteiger partial charge >= 0.3 is 5.97 Å². The maximum absolute atomic E-state index is 13.4. The fourth-order valence-electron chi connectivity index (χ4n) is 4.05. The van der Waals surface area contributed by atoms with Crippen molar-refractivity contribution in [1.29, 1.82) is 0 Å². The molecule has 3 aromatic rings. The molecular weight excluding hydrogens is 457 g/mol. The Labute approximate surface area is 195 Å². The summed E-state index contributed by atoms with van der Waals surface area (Å²) < 4.78 is 0. The molecule has 0 saturated carbocycles. The molecule has 1 fully saturated rings. The highest BCUT2D eigenvalue weighted by molar-refractivity contribution is 6.36. The van der Waals surface area contributed by atoms with E-state index in [2.05, 4.69) is 0 Å². The van der Waals surface area contributed by atoms with Gasteiger partial charge in [0, 0.05) is 26.2 Å². The highest BCUT2D eigenvalue weighted by atomic mass is 35.5. The minimum atomic E-state index is -1.02. The van der Waals surface area contributed by atoms with Crippen LogP contribution in [0.2, 0.25) is 15.1 Å². The monoisotopic (exact) mass is 473 g/mol. The zero-order valence-corrected chi connectivity index (χ0v) is 18.5. The van der Waals surface area contributed by atoms with E-state index in [4.69, 9.17) is 34.8 Å². The van der Waals surface area contributed by atoms with Crippen LogP contribution >= 0.6 is 34.8 Å². The van der Waals surface area contributed by atoms with Crippen LogP contribution in [0.25, 0.3) is 11.1 Å². The molecular formula is C24H18Cl3NO3. The molecule has 1 saturated heterocycles. The van der Waals surface area contributed by atoms with E-state index in [1.807, 2.05) is 24.3 Å². The summed E-state index contributed by atoms with van der Waals surface area (Å²) in [4.78, 5) is 26.7. The fraction of sp³-hybridized carbons (Fsp3) is 0.167. The van der Waals surface area contributed by atoms with E-state index < -0.39 is 18.1 Å². The average molecular weight is 475 g/mol. The summed E-state index contributed by atoms with van der Waals surface area (Å²) in [7, 11) is 0. The van der Waals surface area contributed by atoms with E-state index in [0.29, 0.717) is 33.5 Å². The topological polar surface area (TPSA) is 57.6 Å². The molecule has 0 bridgehead atoms. The molecule has 1 amide bonds. The molecule has 0 aliphatic carbocycles. The lowest BCUT2D eigenvalue weighted by molar-refractivity contribution is -0.141. The summed E-state index contributed by atoms with van der Waals surface area (Å²) in [5, 5.41) is 11.3. The van der Waals surface area contributed by atoms with Gasteiger partial charge in [-0.2, -0.15) is 0 Å². The third kappa shape index (κ3) is 4.29. The highest BCUT2D eigenvalue weighted by Gasteiger charge is 2.42. The Morgan fingerprint density at radius 2 is 1.58 bits per heavy atom. The van der Waals surface area contributed by atoms with Gasteiger partial charge in [0.2, 0.25) is 0 Å². The van der Waals surface area contributed by atoms with E-state index in [1.165, 1.54) is 4.90 Å². The first-order valence-corrected chi connectivity index (χ1v) is 10.9. The molecule has 1 aliphatic rings. The van der Waals surface area contributed by atoms with Crippen LogP contribution in [0.3, 0.4) is 0 Å². The van der Waals surface area contributed by atoms with Gasteiger partial charge in [-0.15, -0.1) is 0 Å². The first-order chi connectivity index (χ1) is 14.9. The quantitative estimate of drug-likeness (QED) is 0.455. The highest BCUT2D eigenvalue weighted by Crippen LogP contribution is 2.40. The number of halogens is 3. The Morgan fingerprint density at radius 1 is 0.871 bits per heavy atom. The van der Waals surface area contributed by atoms with E-state index in [-0.39, 0.29) is 5.91 Å². The van der Waals surface area contributed by atoms with Gasteiger partial charge in [0.25, 0.3) is 5.91 Å². The number of aliphatic carboxylic acids is 1. The van der Waals surface area contributed by atoms with Crippen molar-refractivity contribution >= 4 is 46.7 Å². The Morgan fingerprint density at radius 3 is 2.23 bits per heavy atom. The molecule has 0 radical (unpaired) electrons. The largest absolute Gasteiger partial charge is 0.480 e. The number of benzene rings is 3. The number of rotatable bonds is 4. The normalized spacial score (nSPS) is 18.2. The molecule has 3 aromatic carbocycles. The van der Waals surface area contributed by atoms with E-state index in [1.54, 1.807) is 42.5 Å². The zero-order chi connectivity index (χ0) is 22.1. The summed E-state index contributed by atoms with van der Waals surface area (Å²) in [6.45, 7) is 0. The van der Waals surface area contributed by atoms with Gasteiger partial charge in [0.05, 0.1) is 6.04 Å². The van der Waals surface area contributed by atoms with Crippen LogP contribution in [0.15, 0.2) is 66.7 Å². The van der Waals surface area contributed by atoms with E-state index >= 15 is 0 Å². The second kappa shape index (κ2) is 8.91. The van der Waals surface area contributed by atoms with Gasteiger partial charge in [0.15, 0.2) is 0 Å². The Kier molecular flexibility index (Phi) is 6.24. The first-order valence-electron chi connectivity index (χ1n) is 9.72. The Balaban J connectivity index is 1.67. The number of nitrogens with zero attached hydrogens (tertiary/aromatic N) is 1. The lowest BCUT2D eigenvalue weighted by Gasteiger charge is -2.29. The molecule has 4 nitrogen and oxygen atoms in total. The summed E-state index contributed by atoms with van der Waals surface area (Å²) in [5.41, 5.74) is 2.78. The summed E-state index contributed by atoms with van der Waals surface area (Å²) in [6, 6.07) is 18.1. The van der Waals surface area contributed by atoms with Crippen molar-refractivity contribution in [3.05, 3.63) is 92.9 Å². The van der Waals surface area contributed by atoms with Gasteiger partial charge in [-0.3, -0.25) is 4.79 Å². The van der Waals surface area contributed by atoms with Gasteiger partial charge in [-0.05, 0) is 54.3 Å². The molecule has 0 unspecified atom stereocenters. The fourth-order valence-corrected chi connectivity index (χ4v) is 4.83. The molecule has 2 atom stereocenters. The number of carboxylic acids is 1. The van der Waals surface area contributed by atoms with Gasteiger partial charge in [-0.25, -0.2) is 4.79 Å². The Bertz CT molecular complexity index is 1150. The number of carbonyl (C=O) groups excluding carboxylic acids is 1. The Hall–Kier alpha value is -2.53. The van der Waals surface area contributed by atoms with Crippen LogP contribution in [-0.4, -0.2) is 27.9 Å². The van der Waals surface area contributed by atoms with Crippen molar-refractivity contribution in [3.63, 3.8) is 0 Å². The van der Waals surface area contributed by atoms with Crippen molar-refractivity contribution in [2.24, 2.45) is 0 Å². The van der Waals surface area contributed by atoms with E-state index in [9.17, 15) is 14.7 Å². The molecule has 1 N–H and O–H groups in total. The lowest BCUT2D eigenvalue weighted by atomic mass is 10.0. The predicted octanol–water partition coefficient (Wildman–Crippen LogP) is 6.74. The minimum Gasteiger partial charge on any atom is -0.480 e. The molecule has 7 heteroatoms. The van der Waals surface area contributed by atoms with Gasteiger partial charge in [0.1, 0.15) is 6.04 Å². The van der Waals surface area contributed by atoms with Crippen molar-refractivity contribution in [1.82, 2.24) is 4.90 Å². The number of carboxylic acid groups (broad SMARTS) is 1. The summed E-state index contributed by atoms with van der Waals surface area (Å²) in [5.74, 6) is -1.36. The number of hydrogen-bond donors (Lipinski definition) is 1. The van der Waals surface area contributed by atoms with Crippen LogP contribution in [0.1, 0.15) is 34.8 Å². The van der Waals surface area contributed by atoms with Crippen LogP contribution in [-0.2, 0) is 4.79 Å². The van der Waals surface area contributed by atoms with Crippen molar-refractivity contribution in [2.45, 2.75) is 24.9 Å². The second-order valence-electron chi connectivity index (χ2n) is 7.38. The first kappa shape index (κ1) is 21.7. The molecule has 0 spiro atoms. The molecule has 4 rings (SSSR count). The van der Waals surface area contributed by atoms with Crippen LogP contribution in [0.4, 0.5) is 0 Å². The molecule has 158 valence electrons. The lowest BCUT2D eigenvalue weighted by Crippen LogP contribution is -2.41. The molecule has 31 heavy (non-hydrogen) atoms. The summed E-state index contributed by atoms with van der Waals surface area (Å²) >= 11 is 18.6. The molecule has 1 aliphatic heterocycles. The van der Waals surface area contributed by atoms with Gasteiger partial charge in [-0.1, -0.05) is 71.2 Å². The maximum atomic E-state index is 13.4. The van der Waals surface area contributed by atoms with Crippen LogP contribution in [0.5, 0.6) is 0 Å². The summed E-state index contributed by atoms with van der Waals surface area (Å²) in [6.07, 6.45) is 0.903. The third-order valence-electron chi connectivity index (χ3n) is 5.54. The predicted molar refractivity (Wildman–Crippen MR) is 123 cm³/mol. The zero-order valence-electron chi connectivity index (χ0n) is 16.3. The second-order valence-corrected chi connectivity index (χ2v) is 8.63. The minimum absolute atomic E-state index is 0.344. The van der Waals surface area contributed by atoms with Crippen molar-refractivity contribution in [2.75, 3.05) is 0 Å². The smallest absolute Gasteiger partial charge is 0.326 e.